The molecule has 2 aromatic heterocycles. The van der Waals surface area contributed by atoms with Crippen LogP contribution in [0.3, 0.4) is 0 Å². The molecule has 5 aromatic rings. The third-order valence-corrected chi connectivity index (χ3v) is 6.12. The van der Waals surface area contributed by atoms with Gasteiger partial charge < -0.3 is 19.2 Å². The molecule has 0 aliphatic heterocycles. The highest BCUT2D eigenvalue weighted by Crippen LogP contribution is 2.33. The Labute approximate surface area is 207 Å². The summed E-state index contributed by atoms with van der Waals surface area (Å²) in [6, 6.07) is 17.8. The van der Waals surface area contributed by atoms with E-state index >= 15 is 0 Å². The van der Waals surface area contributed by atoms with Crippen molar-refractivity contribution in [2.45, 2.75) is 19.9 Å². The average Bonchev–Trinajstić information content (AvgIpc) is 3.37. The van der Waals surface area contributed by atoms with Crippen LogP contribution in [0.5, 0.6) is 11.5 Å². The van der Waals surface area contributed by atoms with Gasteiger partial charge in [-0.3, -0.25) is 4.79 Å². The summed E-state index contributed by atoms with van der Waals surface area (Å²) in [4.78, 5) is 13.6. The summed E-state index contributed by atoms with van der Waals surface area (Å²) in [5, 5.41) is 16.5. The molecule has 1 atom stereocenters. The number of aryl methyl sites for hydroxylation is 2. The SMILES string of the molecule is COc1ccc(NC(c2coc3ccccc3c2=O)c2nnnn2-c2c(C)cccc2C)cc1OC. The molecule has 0 radical (unpaired) electrons. The van der Waals surface area contributed by atoms with E-state index in [4.69, 9.17) is 13.9 Å². The fourth-order valence-corrected chi connectivity index (χ4v) is 4.34. The molecule has 5 rings (SSSR count). The highest BCUT2D eigenvalue weighted by atomic mass is 16.5. The third kappa shape index (κ3) is 4.04. The molecule has 0 saturated heterocycles. The van der Waals surface area contributed by atoms with Crippen molar-refractivity contribution in [3.05, 3.63) is 99.7 Å². The number of anilines is 1. The van der Waals surface area contributed by atoms with Crippen LogP contribution >= 0.6 is 0 Å². The lowest BCUT2D eigenvalue weighted by Gasteiger charge is -2.21. The summed E-state index contributed by atoms with van der Waals surface area (Å²) in [6.07, 6.45) is 1.47. The lowest BCUT2D eigenvalue weighted by Crippen LogP contribution is -2.24. The molecule has 0 aliphatic rings. The number of rotatable bonds is 7. The van der Waals surface area contributed by atoms with E-state index in [2.05, 4.69) is 20.8 Å². The van der Waals surface area contributed by atoms with Crippen LogP contribution in [0.15, 0.2) is 76.1 Å². The predicted molar refractivity (Wildman–Crippen MR) is 136 cm³/mol. The molecule has 1 N–H and O–H groups in total. The number of hydrogen-bond donors (Lipinski definition) is 1. The van der Waals surface area contributed by atoms with Gasteiger partial charge in [-0.15, -0.1) is 5.10 Å². The van der Waals surface area contributed by atoms with Gasteiger partial charge in [0.15, 0.2) is 22.8 Å². The number of benzene rings is 3. The molecule has 9 nitrogen and oxygen atoms in total. The molecular weight excluding hydrogens is 458 g/mol. The summed E-state index contributed by atoms with van der Waals surface area (Å²) < 4.78 is 18.4. The van der Waals surface area contributed by atoms with E-state index in [1.165, 1.54) is 6.26 Å². The molecule has 0 fully saturated rings. The zero-order valence-corrected chi connectivity index (χ0v) is 20.4. The number of nitrogens with zero attached hydrogens (tertiary/aromatic N) is 4. The predicted octanol–water partition coefficient (Wildman–Crippen LogP) is 4.60. The molecular formula is C27H25N5O4. The lowest BCUT2D eigenvalue weighted by atomic mass is 10.0. The third-order valence-electron chi connectivity index (χ3n) is 6.12. The van der Waals surface area contributed by atoms with Gasteiger partial charge in [-0.25, -0.2) is 0 Å². The molecule has 0 spiro atoms. The Kier molecular flexibility index (Phi) is 6.12. The molecule has 0 amide bonds. The molecule has 0 aliphatic carbocycles. The number of tetrazole rings is 1. The Morgan fingerprint density at radius 1 is 0.944 bits per heavy atom. The van der Waals surface area contributed by atoms with Gasteiger partial charge in [0.05, 0.1) is 30.9 Å². The quantitative estimate of drug-likeness (QED) is 0.358. The van der Waals surface area contributed by atoms with Crippen LogP contribution < -0.4 is 20.2 Å². The fourth-order valence-electron chi connectivity index (χ4n) is 4.34. The number of ether oxygens (including phenoxy) is 2. The number of hydrogen-bond acceptors (Lipinski definition) is 8. The molecule has 1 unspecified atom stereocenters. The van der Waals surface area contributed by atoms with Gasteiger partial charge in [0.2, 0.25) is 0 Å². The molecule has 0 saturated carbocycles. The maximum Gasteiger partial charge on any atom is 0.198 e. The van der Waals surface area contributed by atoms with Crippen molar-refractivity contribution in [3.63, 3.8) is 0 Å². The Bertz CT molecular complexity index is 1590. The highest BCUT2D eigenvalue weighted by Gasteiger charge is 2.27. The molecule has 0 bridgehead atoms. The minimum Gasteiger partial charge on any atom is -0.493 e. The van der Waals surface area contributed by atoms with Crippen molar-refractivity contribution >= 4 is 16.7 Å². The Morgan fingerprint density at radius 3 is 2.44 bits per heavy atom. The van der Waals surface area contributed by atoms with Crippen molar-refractivity contribution in [2.75, 3.05) is 19.5 Å². The molecule has 9 heteroatoms. The Morgan fingerprint density at radius 2 is 1.69 bits per heavy atom. The van der Waals surface area contributed by atoms with Gasteiger partial charge in [0.1, 0.15) is 17.9 Å². The minimum absolute atomic E-state index is 0.175. The number of nitrogens with one attached hydrogen (secondary N) is 1. The van der Waals surface area contributed by atoms with Crippen molar-refractivity contribution < 1.29 is 13.9 Å². The Hall–Kier alpha value is -4.66. The van der Waals surface area contributed by atoms with Gasteiger partial charge in [-0.05, 0) is 59.7 Å². The smallest absolute Gasteiger partial charge is 0.198 e. The van der Waals surface area contributed by atoms with E-state index < -0.39 is 6.04 Å². The number of para-hydroxylation sites is 2. The van der Waals surface area contributed by atoms with Crippen molar-refractivity contribution in [2.24, 2.45) is 0 Å². The maximum absolute atomic E-state index is 13.6. The zero-order chi connectivity index (χ0) is 25.2. The van der Waals surface area contributed by atoms with Gasteiger partial charge in [-0.1, -0.05) is 30.3 Å². The first-order chi connectivity index (χ1) is 17.5. The van der Waals surface area contributed by atoms with Crippen LogP contribution in [0.4, 0.5) is 5.69 Å². The van der Waals surface area contributed by atoms with Crippen molar-refractivity contribution in [3.8, 4) is 17.2 Å². The van der Waals surface area contributed by atoms with Gasteiger partial charge in [0, 0.05) is 11.8 Å². The first-order valence-corrected chi connectivity index (χ1v) is 11.4. The van der Waals surface area contributed by atoms with E-state index in [1.807, 2.05) is 44.2 Å². The maximum atomic E-state index is 13.6. The summed E-state index contributed by atoms with van der Waals surface area (Å²) in [7, 11) is 3.14. The van der Waals surface area contributed by atoms with Crippen molar-refractivity contribution in [1.29, 1.82) is 0 Å². The molecule has 2 heterocycles. The van der Waals surface area contributed by atoms with Crippen LogP contribution in [0.1, 0.15) is 28.6 Å². The highest BCUT2D eigenvalue weighted by molar-refractivity contribution is 5.77. The van der Waals surface area contributed by atoms with Gasteiger partial charge in [-0.2, -0.15) is 4.68 Å². The fraction of sp³-hybridized carbons (Fsp3) is 0.185. The molecule has 3 aromatic carbocycles. The average molecular weight is 484 g/mol. The Balaban J connectivity index is 1.71. The summed E-state index contributed by atoms with van der Waals surface area (Å²) >= 11 is 0. The molecule has 36 heavy (non-hydrogen) atoms. The molecule has 182 valence electrons. The normalized spacial score (nSPS) is 11.9. The van der Waals surface area contributed by atoms with Gasteiger partial charge in [0.25, 0.3) is 0 Å². The van der Waals surface area contributed by atoms with Crippen LogP contribution in [-0.4, -0.2) is 34.4 Å². The standard InChI is InChI=1S/C27H25N5O4/c1-16-8-7-9-17(2)25(16)32-27(29-30-31-32)24(28-18-12-13-22(34-3)23(14-18)35-4)20-15-36-21-11-6-5-10-19(21)26(20)33/h5-15,24,28H,1-4H3. The summed E-state index contributed by atoms with van der Waals surface area (Å²) in [5.74, 6) is 1.57. The van der Waals surface area contributed by atoms with Crippen LogP contribution in [-0.2, 0) is 0 Å². The second-order valence-electron chi connectivity index (χ2n) is 8.35. The van der Waals surface area contributed by atoms with E-state index in [9.17, 15) is 4.79 Å². The van der Waals surface area contributed by atoms with E-state index in [0.29, 0.717) is 39.5 Å². The van der Waals surface area contributed by atoms with Crippen LogP contribution in [0.2, 0.25) is 0 Å². The monoisotopic (exact) mass is 483 g/mol. The van der Waals surface area contributed by atoms with E-state index in [1.54, 1.807) is 49.2 Å². The summed E-state index contributed by atoms with van der Waals surface area (Å²) in [5.41, 5.74) is 4.23. The van der Waals surface area contributed by atoms with Crippen LogP contribution in [0.25, 0.3) is 16.7 Å². The first kappa shape index (κ1) is 23.1. The number of aromatic nitrogens is 4. The summed E-state index contributed by atoms with van der Waals surface area (Å²) in [6.45, 7) is 3.99. The van der Waals surface area contributed by atoms with Gasteiger partial charge >= 0.3 is 0 Å². The lowest BCUT2D eigenvalue weighted by molar-refractivity contribution is 0.355. The number of methoxy groups -OCH3 is 2. The number of fused-ring (bicyclic) bond motifs is 1. The largest absolute Gasteiger partial charge is 0.493 e. The van der Waals surface area contributed by atoms with Crippen molar-refractivity contribution in [1.82, 2.24) is 20.2 Å². The van der Waals surface area contributed by atoms with E-state index in [0.717, 1.165) is 16.8 Å². The topological polar surface area (TPSA) is 104 Å². The second kappa shape index (κ2) is 9.53. The van der Waals surface area contributed by atoms with Crippen LogP contribution in [0, 0.1) is 13.8 Å². The second-order valence-corrected chi connectivity index (χ2v) is 8.35. The van der Waals surface area contributed by atoms with E-state index in [-0.39, 0.29) is 5.43 Å². The minimum atomic E-state index is -0.738. The zero-order valence-electron chi connectivity index (χ0n) is 20.4. The first-order valence-electron chi connectivity index (χ1n) is 11.4.